The molecule has 0 amide bonds. The van der Waals surface area contributed by atoms with Crippen molar-refractivity contribution in [2.45, 2.75) is 39.5 Å². The summed E-state index contributed by atoms with van der Waals surface area (Å²) in [5, 5.41) is 5.61. The molecular formula is C56H50O2S2Si. The summed E-state index contributed by atoms with van der Waals surface area (Å²) in [6.45, 7) is 5.88. The first-order chi connectivity index (χ1) is 30.2. The van der Waals surface area contributed by atoms with Gasteiger partial charge in [-0.25, -0.2) is 0 Å². The van der Waals surface area contributed by atoms with E-state index >= 15 is 0 Å². The zero-order chi connectivity index (χ0) is 41.4. The average molecular weight is 847 g/mol. The van der Waals surface area contributed by atoms with Crippen LogP contribution >= 0.6 is 22.7 Å². The van der Waals surface area contributed by atoms with E-state index < -0.39 is 8.07 Å². The monoisotopic (exact) mass is 846 g/mol. The molecule has 0 aliphatic carbocycles. The summed E-state index contributed by atoms with van der Waals surface area (Å²) < 4.78 is 12.1. The van der Waals surface area contributed by atoms with Crippen LogP contribution in [0.25, 0.3) is 42.4 Å². The average Bonchev–Trinajstić information content (AvgIpc) is 4.09. The molecule has 0 saturated carbocycles. The first-order valence-electron chi connectivity index (χ1n) is 21.6. The molecule has 6 aromatic carbocycles. The van der Waals surface area contributed by atoms with Gasteiger partial charge in [0.25, 0.3) is 0 Å². The van der Waals surface area contributed by atoms with E-state index in [9.17, 15) is 0 Å². The molecule has 9 rings (SSSR count). The largest absolute Gasteiger partial charge is 0.494 e. The lowest BCUT2D eigenvalue weighted by molar-refractivity contribution is 0.309. The first kappa shape index (κ1) is 40.4. The molecular weight excluding hydrogens is 797 g/mol. The molecule has 0 bridgehead atoms. The molecule has 0 saturated heterocycles. The minimum atomic E-state index is -3.11. The van der Waals surface area contributed by atoms with Gasteiger partial charge in [0.1, 0.15) is 11.5 Å². The lowest BCUT2D eigenvalue weighted by Crippen LogP contribution is -2.59. The lowest BCUT2D eigenvalue weighted by atomic mass is 9.91. The van der Waals surface area contributed by atoms with Crippen molar-refractivity contribution in [3.8, 4) is 32.4 Å². The van der Waals surface area contributed by atoms with E-state index in [0.29, 0.717) is 0 Å². The fraction of sp³-hybridized carbons (Fsp3) is 0.143. The van der Waals surface area contributed by atoms with E-state index in [-0.39, 0.29) is 0 Å². The molecule has 1 aliphatic rings. The van der Waals surface area contributed by atoms with Crippen molar-refractivity contribution in [1.82, 2.24) is 0 Å². The smallest absolute Gasteiger partial charge is 0.183 e. The van der Waals surface area contributed by atoms with Crippen molar-refractivity contribution < 1.29 is 9.47 Å². The number of unbranched alkanes of at least 4 members (excludes halogenated alkanes) is 2. The maximum atomic E-state index is 6.06. The topological polar surface area (TPSA) is 18.5 Å². The molecule has 61 heavy (non-hydrogen) atoms. The molecule has 0 radical (unpaired) electrons. The van der Waals surface area contributed by atoms with Crippen LogP contribution in [0.4, 0.5) is 0 Å². The van der Waals surface area contributed by atoms with Crippen LogP contribution in [-0.2, 0) is 0 Å². The van der Waals surface area contributed by atoms with Crippen molar-refractivity contribution in [2.75, 3.05) is 13.2 Å². The molecule has 2 nitrogen and oxygen atoms in total. The Morgan fingerprint density at radius 3 is 1.07 bits per heavy atom. The summed E-state index contributed by atoms with van der Waals surface area (Å²) in [5.74, 6) is 1.85. The zero-order valence-corrected chi connectivity index (χ0v) is 37.5. The van der Waals surface area contributed by atoms with Gasteiger partial charge in [0, 0.05) is 19.5 Å². The lowest BCUT2D eigenvalue weighted by Gasteiger charge is -2.35. The third kappa shape index (κ3) is 8.14. The third-order valence-electron chi connectivity index (χ3n) is 11.6. The second kappa shape index (κ2) is 18.7. The van der Waals surface area contributed by atoms with Crippen molar-refractivity contribution >= 4 is 62.7 Å². The molecule has 5 heteroatoms. The van der Waals surface area contributed by atoms with Crippen LogP contribution in [0, 0.1) is 0 Å². The minimum absolute atomic E-state index is 0.742. The van der Waals surface area contributed by atoms with Crippen LogP contribution in [0.15, 0.2) is 194 Å². The molecule has 0 spiro atoms. The standard InChI is InChI=1S/C56H50O2S2Si/c1-3-5-39-57-45-31-27-41(28-32-45)49-35-37-51(59-49)55-53(43-19-11-7-12-20-43)54(44-21-13-8-14-22-44)56(61(55,47-23-15-9-16-24-47)48-25-17-10-18-26-48)52-38-36-50(60-52)42-29-33-46(34-30-42)58-40-6-4-2/h7-38H,3-6,39-40H2,1-2H3. The van der Waals surface area contributed by atoms with Gasteiger partial charge in [-0.05, 0) is 140 Å². The van der Waals surface area contributed by atoms with Crippen molar-refractivity contribution in [3.63, 3.8) is 0 Å². The number of hydrogen-bond donors (Lipinski definition) is 0. The zero-order valence-electron chi connectivity index (χ0n) is 34.9. The molecule has 3 heterocycles. The summed E-state index contributed by atoms with van der Waals surface area (Å²) in [5.41, 5.74) is 7.50. The van der Waals surface area contributed by atoms with Crippen molar-refractivity contribution in [1.29, 1.82) is 0 Å². The Hall–Kier alpha value is -5.98. The Kier molecular flexibility index (Phi) is 12.4. The number of thiophene rings is 2. The molecule has 0 atom stereocenters. The Labute approximate surface area is 370 Å². The summed E-state index contributed by atoms with van der Waals surface area (Å²) in [4.78, 5) is 5.09. The number of allylic oxidation sites excluding steroid dienone is 2. The highest BCUT2D eigenvalue weighted by Crippen LogP contribution is 2.57. The van der Waals surface area contributed by atoms with E-state index in [1.807, 2.05) is 22.7 Å². The van der Waals surface area contributed by atoms with Crippen LogP contribution in [0.3, 0.4) is 0 Å². The Balaban J connectivity index is 1.31. The number of ether oxygens (including phenoxy) is 2. The number of hydrogen-bond acceptors (Lipinski definition) is 4. The van der Waals surface area contributed by atoms with Gasteiger partial charge in [0.05, 0.1) is 13.2 Å². The van der Waals surface area contributed by atoms with Gasteiger partial charge in [0.2, 0.25) is 0 Å². The highest BCUT2D eigenvalue weighted by molar-refractivity contribution is 7.34. The van der Waals surface area contributed by atoms with Crippen LogP contribution in [0.1, 0.15) is 60.4 Å². The van der Waals surface area contributed by atoms with E-state index in [0.717, 1.165) is 50.4 Å². The second-order valence-electron chi connectivity index (χ2n) is 15.5. The van der Waals surface area contributed by atoms with Crippen LogP contribution in [-0.4, -0.2) is 21.3 Å². The minimum Gasteiger partial charge on any atom is -0.494 e. The summed E-state index contributed by atoms with van der Waals surface area (Å²) >= 11 is 3.81. The predicted octanol–water partition coefficient (Wildman–Crippen LogP) is 14.4. The van der Waals surface area contributed by atoms with Gasteiger partial charge in [-0.2, -0.15) is 0 Å². The molecule has 2 aromatic heterocycles. The van der Waals surface area contributed by atoms with Crippen LogP contribution in [0.2, 0.25) is 0 Å². The van der Waals surface area contributed by atoms with Gasteiger partial charge in [-0.1, -0.05) is 148 Å². The van der Waals surface area contributed by atoms with Crippen LogP contribution in [0.5, 0.6) is 11.5 Å². The highest BCUT2D eigenvalue weighted by Gasteiger charge is 2.54. The van der Waals surface area contributed by atoms with E-state index in [1.165, 1.54) is 73.7 Å². The Bertz CT molecular complexity index is 2540. The Morgan fingerprint density at radius 2 is 0.705 bits per heavy atom. The van der Waals surface area contributed by atoms with Gasteiger partial charge in [-0.15, -0.1) is 22.7 Å². The maximum Gasteiger partial charge on any atom is 0.183 e. The molecule has 0 N–H and O–H groups in total. The predicted molar refractivity (Wildman–Crippen MR) is 265 cm³/mol. The molecule has 0 fully saturated rings. The summed E-state index contributed by atoms with van der Waals surface area (Å²) in [7, 11) is -3.11. The van der Waals surface area contributed by atoms with Gasteiger partial charge >= 0.3 is 0 Å². The molecule has 1 aliphatic heterocycles. The third-order valence-corrected chi connectivity index (χ3v) is 19.2. The fourth-order valence-corrected chi connectivity index (χ4v) is 17.1. The highest BCUT2D eigenvalue weighted by atomic mass is 32.1. The maximum absolute atomic E-state index is 6.06. The molecule has 8 aromatic rings. The fourth-order valence-electron chi connectivity index (χ4n) is 8.63. The second-order valence-corrected chi connectivity index (χ2v) is 21.3. The molecule has 0 unspecified atom stereocenters. The summed E-state index contributed by atoms with van der Waals surface area (Å²) in [6.07, 6.45) is 4.34. The van der Waals surface area contributed by atoms with Gasteiger partial charge < -0.3 is 9.47 Å². The SMILES string of the molecule is CCCCOc1ccc(-c2ccc(C3=C(c4ccccc4)C(c4ccccc4)=C(c4ccc(-c5ccc(OCCCC)cc5)s4)[Si]3(c3ccccc3)c3ccccc3)s2)cc1. The number of benzene rings is 6. The normalized spacial score (nSPS) is 13.5. The van der Waals surface area contributed by atoms with Crippen LogP contribution < -0.4 is 19.8 Å². The van der Waals surface area contributed by atoms with E-state index in [1.54, 1.807) is 0 Å². The quantitative estimate of drug-likeness (QED) is 0.0712. The number of rotatable bonds is 16. The van der Waals surface area contributed by atoms with Crippen molar-refractivity contribution in [2.24, 2.45) is 0 Å². The van der Waals surface area contributed by atoms with Crippen molar-refractivity contribution in [3.05, 3.63) is 215 Å². The van der Waals surface area contributed by atoms with Gasteiger partial charge in [0.15, 0.2) is 8.07 Å². The summed E-state index contributed by atoms with van der Waals surface area (Å²) in [6, 6.07) is 71.9. The Morgan fingerprint density at radius 1 is 0.361 bits per heavy atom. The van der Waals surface area contributed by atoms with E-state index in [2.05, 4.69) is 208 Å². The molecule has 302 valence electrons. The van der Waals surface area contributed by atoms with Gasteiger partial charge in [-0.3, -0.25) is 0 Å². The van der Waals surface area contributed by atoms with E-state index in [4.69, 9.17) is 9.47 Å². The first-order valence-corrected chi connectivity index (χ1v) is 25.2.